The SMILES string of the molecule is N#Cc1cc(Cn2cc3c(c2)C(=O)CCC3)ccn1. The van der Waals surface area contributed by atoms with Gasteiger partial charge in [-0.1, -0.05) is 0 Å². The van der Waals surface area contributed by atoms with E-state index in [-0.39, 0.29) is 5.78 Å². The molecule has 0 unspecified atom stereocenters. The zero-order valence-corrected chi connectivity index (χ0v) is 10.5. The first-order valence-electron chi connectivity index (χ1n) is 6.33. The smallest absolute Gasteiger partial charge is 0.164 e. The van der Waals surface area contributed by atoms with Crippen molar-refractivity contribution < 1.29 is 4.79 Å². The number of pyridine rings is 1. The summed E-state index contributed by atoms with van der Waals surface area (Å²) >= 11 is 0. The molecule has 1 aliphatic carbocycles. The molecule has 2 aromatic heterocycles. The molecule has 2 heterocycles. The Morgan fingerprint density at radius 2 is 2.26 bits per heavy atom. The maximum absolute atomic E-state index is 11.8. The highest BCUT2D eigenvalue weighted by atomic mass is 16.1. The zero-order chi connectivity index (χ0) is 13.2. The van der Waals surface area contributed by atoms with Crippen molar-refractivity contribution in [3.8, 4) is 6.07 Å². The number of carbonyl (C=O) groups excluding carboxylic acids is 1. The van der Waals surface area contributed by atoms with Crippen LogP contribution >= 0.6 is 0 Å². The van der Waals surface area contributed by atoms with Crippen LogP contribution in [-0.2, 0) is 13.0 Å². The Kier molecular flexibility index (Phi) is 2.88. The lowest BCUT2D eigenvalue weighted by molar-refractivity contribution is 0.0973. The summed E-state index contributed by atoms with van der Waals surface area (Å²) in [6, 6.07) is 5.70. The lowest BCUT2D eigenvalue weighted by Gasteiger charge is -2.07. The second-order valence-corrected chi connectivity index (χ2v) is 4.81. The van der Waals surface area contributed by atoms with E-state index in [1.807, 2.05) is 29.1 Å². The van der Waals surface area contributed by atoms with Gasteiger partial charge in [0.05, 0.1) is 0 Å². The normalized spacial score (nSPS) is 13.9. The van der Waals surface area contributed by atoms with Gasteiger partial charge in [0.1, 0.15) is 11.8 Å². The molecule has 3 rings (SSSR count). The van der Waals surface area contributed by atoms with Gasteiger partial charge in [-0.2, -0.15) is 5.26 Å². The number of nitrogens with zero attached hydrogens (tertiary/aromatic N) is 3. The van der Waals surface area contributed by atoms with E-state index < -0.39 is 0 Å². The molecular formula is C15H13N3O. The Morgan fingerprint density at radius 1 is 1.37 bits per heavy atom. The van der Waals surface area contributed by atoms with Crippen LogP contribution in [0.25, 0.3) is 0 Å². The number of nitriles is 1. The first kappa shape index (κ1) is 11.7. The van der Waals surface area contributed by atoms with Crippen LogP contribution in [0.15, 0.2) is 30.7 Å². The van der Waals surface area contributed by atoms with Crippen molar-refractivity contribution >= 4 is 5.78 Å². The monoisotopic (exact) mass is 251 g/mol. The van der Waals surface area contributed by atoms with E-state index >= 15 is 0 Å². The van der Waals surface area contributed by atoms with Crippen molar-refractivity contribution in [2.45, 2.75) is 25.8 Å². The minimum absolute atomic E-state index is 0.243. The Morgan fingerprint density at radius 3 is 3.05 bits per heavy atom. The van der Waals surface area contributed by atoms with E-state index in [1.165, 1.54) is 0 Å². The summed E-state index contributed by atoms with van der Waals surface area (Å²) in [7, 11) is 0. The Labute approximate surface area is 111 Å². The summed E-state index contributed by atoms with van der Waals surface area (Å²) < 4.78 is 2.02. The van der Waals surface area contributed by atoms with Crippen molar-refractivity contribution in [3.05, 3.63) is 53.1 Å². The summed E-state index contributed by atoms with van der Waals surface area (Å²) in [4.78, 5) is 15.7. The molecule has 0 amide bonds. The molecule has 1 aliphatic rings. The number of hydrogen-bond donors (Lipinski definition) is 0. The first-order valence-corrected chi connectivity index (χ1v) is 6.33. The third-order valence-electron chi connectivity index (χ3n) is 3.42. The van der Waals surface area contributed by atoms with E-state index in [0.29, 0.717) is 18.7 Å². The Bertz CT molecular complexity index is 679. The molecule has 0 spiro atoms. The van der Waals surface area contributed by atoms with Crippen molar-refractivity contribution in [3.63, 3.8) is 0 Å². The molecule has 0 N–H and O–H groups in total. The van der Waals surface area contributed by atoms with Gasteiger partial charge >= 0.3 is 0 Å². The van der Waals surface area contributed by atoms with Crippen LogP contribution in [0, 0.1) is 11.3 Å². The minimum atomic E-state index is 0.243. The van der Waals surface area contributed by atoms with Gasteiger partial charge in [-0.05, 0) is 36.1 Å². The number of carbonyl (C=O) groups is 1. The molecule has 0 fully saturated rings. The van der Waals surface area contributed by atoms with E-state index in [2.05, 4.69) is 4.98 Å². The maximum atomic E-state index is 11.8. The lowest BCUT2D eigenvalue weighted by Crippen LogP contribution is -2.07. The molecule has 0 atom stereocenters. The highest BCUT2D eigenvalue weighted by molar-refractivity contribution is 5.98. The highest BCUT2D eigenvalue weighted by Gasteiger charge is 2.18. The van der Waals surface area contributed by atoms with Crippen molar-refractivity contribution in [2.75, 3.05) is 0 Å². The largest absolute Gasteiger partial charge is 0.349 e. The maximum Gasteiger partial charge on any atom is 0.164 e. The fourth-order valence-electron chi connectivity index (χ4n) is 2.52. The third kappa shape index (κ3) is 2.27. The first-order chi connectivity index (χ1) is 9.26. The molecule has 94 valence electrons. The Balaban J connectivity index is 1.88. The molecule has 0 saturated carbocycles. The van der Waals surface area contributed by atoms with Gasteiger partial charge in [0, 0.05) is 37.1 Å². The third-order valence-corrected chi connectivity index (χ3v) is 3.42. The van der Waals surface area contributed by atoms with Crippen molar-refractivity contribution in [1.82, 2.24) is 9.55 Å². The van der Waals surface area contributed by atoms with Crippen LogP contribution in [0.4, 0.5) is 0 Å². The van der Waals surface area contributed by atoms with Gasteiger partial charge in [0.2, 0.25) is 0 Å². The van der Waals surface area contributed by atoms with Crippen molar-refractivity contribution in [2.24, 2.45) is 0 Å². The summed E-state index contributed by atoms with van der Waals surface area (Å²) in [6.45, 7) is 0.664. The highest BCUT2D eigenvalue weighted by Crippen LogP contribution is 2.22. The van der Waals surface area contributed by atoms with E-state index in [4.69, 9.17) is 5.26 Å². The van der Waals surface area contributed by atoms with Crippen LogP contribution in [0.2, 0.25) is 0 Å². The number of rotatable bonds is 2. The molecule has 0 aliphatic heterocycles. The second kappa shape index (κ2) is 4.69. The topological polar surface area (TPSA) is 58.7 Å². The molecular weight excluding hydrogens is 238 g/mol. The summed E-state index contributed by atoms with van der Waals surface area (Å²) in [5.41, 5.74) is 3.45. The quantitative estimate of drug-likeness (QED) is 0.823. The molecule has 4 heteroatoms. The predicted molar refractivity (Wildman–Crippen MR) is 69.8 cm³/mol. The molecule has 0 aromatic carbocycles. The van der Waals surface area contributed by atoms with Gasteiger partial charge < -0.3 is 4.57 Å². The summed E-state index contributed by atoms with van der Waals surface area (Å²) in [6.07, 6.45) is 8.19. The van der Waals surface area contributed by atoms with Gasteiger partial charge in [-0.3, -0.25) is 4.79 Å². The van der Waals surface area contributed by atoms with Gasteiger partial charge in [0.25, 0.3) is 0 Å². The van der Waals surface area contributed by atoms with Crippen LogP contribution in [0.1, 0.15) is 40.0 Å². The fraction of sp³-hybridized carbons (Fsp3) is 0.267. The average Bonchev–Trinajstić information content (AvgIpc) is 2.83. The van der Waals surface area contributed by atoms with Gasteiger partial charge in [0.15, 0.2) is 5.78 Å². The van der Waals surface area contributed by atoms with Crippen LogP contribution in [-0.4, -0.2) is 15.3 Å². The molecule has 0 bridgehead atoms. The van der Waals surface area contributed by atoms with E-state index in [9.17, 15) is 4.79 Å². The Hall–Kier alpha value is -2.41. The van der Waals surface area contributed by atoms with Crippen LogP contribution < -0.4 is 0 Å². The predicted octanol–water partition coefficient (Wildman–Crippen LogP) is 2.32. The van der Waals surface area contributed by atoms with E-state index in [1.54, 1.807) is 12.3 Å². The number of hydrogen-bond acceptors (Lipinski definition) is 3. The molecule has 0 saturated heterocycles. The van der Waals surface area contributed by atoms with Crippen molar-refractivity contribution in [1.29, 1.82) is 5.26 Å². The standard InChI is InChI=1S/C15H13N3O/c16-7-13-6-11(4-5-17-13)8-18-9-12-2-1-3-15(19)14(12)10-18/h4-6,9-10H,1-3,8H2. The van der Waals surface area contributed by atoms with Gasteiger partial charge in [-0.15, -0.1) is 0 Å². The lowest BCUT2D eigenvalue weighted by atomic mass is 9.95. The number of fused-ring (bicyclic) bond motifs is 1. The number of aromatic nitrogens is 2. The fourth-order valence-corrected chi connectivity index (χ4v) is 2.52. The number of aryl methyl sites for hydroxylation is 1. The van der Waals surface area contributed by atoms with Crippen LogP contribution in [0.5, 0.6) is 0 Å². The molecule has 4 nitrogen and oxygen atoms in total. The average molecular weight is 251 g/mol. The molecule has 19 heavy (non-hydrogen) atoms. The second-order valence-electron chi connectivity index (χ2n) is 4.81. The zero-order valence-electron chi connectivity index (χ0n) is 10.5. The number of Topliss-reactive ketones (excluding diaryl/α,β-unsaturated/α-hetero) is 1. The molecule has 2 aromatic rings. The minimum Gasteiger partial charge on any atom is -0.349 e. The van der Waals surface area contributed by atoms with Crippen LogP contribution in [0.3, 0.4) is 0 Å². The molecule has 0 radical (unpaired) electrons. The van der Waals surface area contributed by atoms with Gasteiger partial charge in [-0.25, -0.2) is 4.98 Å². The summed E-state index contributed by atoms with van der Waals surface area (Å²) in [5, 5.41) is 8.83. The summed E-state index contributed by atoms with van der Waals surface area (Å²) in [5.74, 6) is 0.243. The number of ketones is 1. The van der Waals surface area contributed by atoms with E-state index in [0.717, 1.165) is 29.5 Å².